The predicted molar refractivity (Wildman–Crippen MR) is 116 cm³/mol. The topological polar surface area (TPSA) is 96.5 Å². The number of rotatable bonds is 8. The van der Waals surface area contributed by atoms with Crippen molar-refractivity contribution < 1.29 is 19.1 Å². The Kier molecular flexibility index (Phi) is 8.68. The summed E-state index contributed by atoms with van der Waals surface area (Å²) in [6, 6.07) is 12.6. The normalized spacial score (nSPS) is 11.3. The second kappa shape index (κ2) is 11.2. The van der Waals surface area contributed by atoms with Gasteiger partial charge in [0.2, 0.25) is 11.8 Å². The van der Waals surface area contributed by atoms with Crippen LogP contribution in [0.2, 0.25) is 5.02 Å². The van der Waals surface area contributed by atoms with Crippen molar-refractivity contribution in [2.75, 3.05) is 5.32 Å². The third-order valence-electron chi connectivity index (χ3n) is 4.47. The molecule has 3 N–H and O–H groups in total. The molecule has 0 radical (unpaired) electrons. The molecule has 0 saturated heterocycles. The van der Waals surface area contributed by atoms with Crippen LogP contribution in [0.4, 0.5) is 5.69 Å². The quantitative estimate of drug-likeness (QED) is 0.555. The van der Waals surface area contributed by atoms with Gasteiger partial charge in [-0.2, -0.15) is 0 Å². The van der Waals surface area contributed by atoms with Crippen molar-refractivity contribution in [3.63, 3.8) is 0 Å². The fourth-order valence-corrected chi connectivity index (χ4v) is 2.80. The highest BCUT2D eigenvalue weighted by atomic mass is 35.5. The number of halogens is 1. The molecule has 0 fully saturated rings. The molecule has 8 heteroatoms. The molecule has 0 spiro atoms. The molecule has 0 aliphatic rings. The summed E-state index contributed by atoms with van der Waals surface area (Å²) in [6.45, 7) is 5.49. The van der Waals surface area contributed by atoms with Crippen LogP contribution in [0.15, 0.2) is 42.5 Å². The van der Waals surface area contributed by atoms with Crippen LogP contribution in [0.3, 0.4) is 0 Å². The number of hydrogen-bond acceptors (Lipinski definition) is 4. The van der Waals surface area contributed by atoms with E-state index in [0.29, 0.717) is 22.9 Å². The van der Waals surface area contributed by atoms with Crippen LogP contribution in [0.5, 0.6) is 5.75 Å². The highest BCUT2D eigenvalue weighted by Crippen LogP contribution is 2.23. The number of amides is 3. The molecule has 160 valence electrons. The van der Waals surface area contributed by atoms with Gasteiger partial charge in [-0.1, -0.05) is 42.8 Å². The zero-order valence-electron chi connectivity index (χ0n) is 17.3. The van der Waals surface area contributed by atoms with Crippen molar-refractivity contribution >= 4 is 35.0 Å². The molecule has 2 rings (SSSR count). The van der Waals surface area contributed by atoms with Gasteiger partial charge < -0.3 is 10.1 Å². The van der Waals surface area contributed by atoms with Crippen LogP contribution >= 0.6 is 11.6 Å². The number of carbonyl (C=O) groups excluding carboxylic acids is 3. The molecule has 0 aliphatic carbocycles. The second-order valence-electron chi connectivity index (χ2n) is 6.78. The Balaban J connectivity index is 1.77. The van der Waals surface area contributed by atoms with Crippen molar-refractivity contribution in [3.8, 4) is 5.75 Å². The zero-order valence-corrected chi connectivity index (χ0v) is 18.0. The Morgan fingerprint density at radius 2 is 1.67 bits per heavy atom. The highest BCUT2D eigenvalue weighted by molar-refractivity contribution is 6.31. The number of benzene rings is 2. The first-order chi connectivity index (χ1) is 14.3. The van der Waals surface area contributed by atoms with E-state index in [1.54, 1.807) is 31.2 Å². The lowest BCUT2D eigenvalue weighted by atomic mass is 10.2. The van der Waals surface area contributed by atoms with E-state index in [2.05, 4.69) is 16.2 Å². The summed E-state index contributed by atoms with van der Waals surface area (Å²) in [5.74, 6) is -0.657. The fourth-order valence-electron chi connectivity index (χ4n) is 2.62. The number of anilines is 1. The maximum absolute atomic E-state index is 12.3. The van der Waals surface area contributed by atoms with Crippen molar-refractivity contribution in [1.82, 2.24) is 10.9 Å². The van der Waals surface area contributed by atoms with E-state index in [9.17, 15) is 14.4 Å². The van der Waals surface area contributed by atoms with Gasteiger partial charge in [-0.05, 0) is 49.6 Å². The molecule has 1 atom stereocenters. The number of nitrogens with one attached hydrogen (secondary N) is 3. The number of para-hydroxylation sites is 1. The largest absolute Gasteiger partial charge is 0.480 e. The first-order valence-corrected chi connectivity index (χ1v) is 10.1. The van der Waals surface area contributed by atoms with Crippen molar-refractivity contribution in [3.05, 3.63) is 58.6 Å². The van der Waals surface area contributed by atoms with Crippen molar-refractivity contribution in [2.24, 2.45) is 0 Å². The summed E-state index contributed by atoms with van der Waals surface area (Å²) in [6.07, 6.45) is -0.441. The van der Waals surface area contributed by atoms with Gasteiger partial charge in [0.1, 0.15) is 5.75 Å². The van der Waals surface area contributed by atoms with Crippen LogP contribution in [0.1, 0.15) is 37.3 Å². The minimum absolute atomic E-state index is 0.0371. The minimum atomic E-state index is -0.750. The molecule has 1 unspecified atom stereocenters. The first kappa shape index (κ1) is 23.2. The Morgan fingerprint density at radius 3 is 2.37 bits per heavy atom. The second-order valence-corrected chi connectivity index (χ2v) is 7.19. The standard InChI is InChI=1S/C22H26ClN3O4/c1-4-18(30-19-11-6-5-8-14(19)2)22(29)26-25-21(28)13-12-20(27)24-17-10-7-9-16(23)15(17)3/h5-11,18H,4,12-13H2,1-3H3,(H,24,27)(H,25,28)(H,26,29). The summed E-state index contributed by atoms with van der Waals surface area (Å²) in [7, 11) is 0. The van der Waals surface area contributed by atoms with Gasteiger partial charge in [-0.25, -0.2) is 0 Å². The number of aryl methyl sites for hydroxylation is 1. The molecule has 0 heterocycles. The van der Waals surface area contributed by atoms with Crippen molar-refractivity contribution in [2.45, 2.75) is 46.1 Å². The smallest absolute Gasteiger partial charge is 0.279 e. The van der Waals surface area contributed by atoms with E-state index in [0.717, 1.165) is 11.1 Å². The summed E-state index contributed by atoms with van der Waals surface area (Å²) < 4.78 is 5.74. The van der Waals surface area contributed by atoms with Gasteiger partial charge >= 0.3 is 0 Å². The Morgan fingerprint density at radius 1 is 0.967 bits per heavy atom. The molecule has 0 aromatic heterocycles. The van der Waals surface area contributed by atoms with Crippen LogP contribution in [-0.2, 0) is 14.4 Å². The van der Waals surface area contributed by atoms with Gasteiger partial charge in [-0.3, -0.25) is 25.2 Å². The van der Waals surface area contributed by atoms with Crippen LogP contribution in [0.25, 0.3) is 0 Å². The van der Waals surface area contributed by atoms with E-state index in [1.807, 2.05) is 32.0 Å². The monoisotopic (exact) mass is 431 g/mol. The van der Waals surface area contributed by atoms with E-state index < -0.39 is 17.9 Å². The Hall–Kier alpha value is -3.06. The van der Waals surface area contributed by atoms with Crippen molar-refractivity contribution in [1.29, 1.82) is 0 Å². The first-order valence-electron chi connectivity index (χ1n) is 9.67. The average molecular weight is 432 g/mol. The molecule has 2 aromatic rings. The summed E-state index contributed by atoms with van der Waals surface area (Å²) in [5.41, 5.74) is 6.93. The molecule has 3 amide bonds. The molecule has 0 saturated carbocycles. The lowest BCUT2D eigenvalue weighted by Gasteiger charge is -2.18. The van der Waals surface area contributed by atoms with Gasteiger partial charge in [0.15, 0.2) is 6.10 Å². The molecule has 7 nitrogen and oxygen atoms in total. The molecule has 0 bridgehead atoms. The molecule has 2 aromatic carbocycles. The Bertz CT molecular complexity index is 917. The maximum atomic E-state index is 12.3. The highest BCUT2D eigenvalue weighted by Gasteiger charge is 2.20. The number of hydrogen-bond donors (Lipinski definition) is 3. The molecular formula is C22H26ClN3O4. The summed E-state index contributed by atoms with van der Waals surface area (Å²) in [5, 5.41) is 3.27. The van der Waals surface area contributed by atoms with E-state index in [1.165, 1.54) is 0 Å². The van der Waals surface area contributed by atoms with E-state index >= 15 is 0 Å². The van der Waals surface area contributed by atoms with Gasteiger partial charge in [0.25, 0.3) is 5.91 Å². The number of hydrazine groups is 1. The third kappa shape index (κ3) is 6.77. The lowest BCUT2D eigenvalue weighted by molar-refractivity contribution is -0.133. The number of ether oxygens (including phenoxy) is 1. The van der Waals surface area contributed by atoms with Gasteiger partial charge in [0, 0.05) is 23.6 Å². The molecule has 0 aliphatic heterocycles. The summed E-state index contributed by atoms with van der Waals surface area (Å²) in [4.78, 5) is 36.3. The van der Waals surface area contributed by atoms with Crippen LogP contribution in [-0.4, -0.2) is 23.8 Å². The average Bonchev–Trinajstić information content (AvgIpc) is 2.73. The SMILES string of the molecule is CCC(Oc1ccccc1C)C(=O)NNC(=O)CCC(=O)Nc1cccc(Cl)c1C. The summed E-state index contributed by atoms with van der Waals surface area (Å²) >= 11 is 6.03. The minimum Gasteiger partial charge on any atom is -0.480 e. The van der Waals surface area contributed by atoms with E-state index in [-0.39, 0.29) is 18.7 Å². The van der Waals surface area contributed by atoms with Gasteiger partial charge in [0.05, 0.1) is 0 Å². The van der Waals surface area contributed by atoms with Gasteiger partial charge in [-0.15, -0.1) is 0 Å². The predicted octanol–water partition coefficient (Wildman–Crippen LogP) is 3.68. The number of carbonyl (C=O) groups is 3. The molecular weight excluding hydrogens is 406 g/mol. The van der Waals surface area contributed by atoms with E-state index in [4.69, 9.17) is 16.3 Å². The molecule has 30 heavy (non-hydrogen) atoms. The van der Waals surface area contributed by atoms with Crippen LogP contribution in [0, 0.1) is 13.8 Å². The van der Waals surface area contributed by atoms with Crippen LogP contribution < -0.4 is 20.9 Å². The lowest BCUT2D eigenvalue weighted by Crippen LogP contribution is -2.48. The Labute approximate surface area is 181 Å². The zero-order chi connectivity index (χ0) is 22.1. The third-order valence-corrected chi connectivity index (χ3v) is 4.88. The maximum Gasteiger partial charge on any atom is 0.279 e. The fraction of sp³-hybridized carbons (Fsp3) is 0.318.